The van der Waals surface area contributed by atoms with E-state index in [-0.39, 0.29) is 0 Å². The summed E-state index contributed by atoms with van der Waals surface area (Å²) in [6.07, 6.45) is 5.41. The van der Waals surface area contributed by atoms with Gasteiger partial charge in [0.15, 0.2) is 11.6 Å². The Hall–Kier alpha value is -1.56. The number of ether oxygens (including phenoxy) is 1. The standard InChI is InChI=1S/C14H21N5O/c1-15-10-4-5-19(6-10)14-12-13(16-8-17-14)18-11(7-20-12)9-2-3-9/h8-11,15H,2-7H2,1H3,(H,16,17,18)/t10-,11+/m1/s1. The number of hydrogen-bond acceptors (Lipinski definition) is 6. The molecule has 0 unspecified atom stereocenters. The molecule has 20 heavy (non-hydrogen) atoms. The Bertz CT molecular complexity index is 504. The molecule has 0 aromatic carbocycles. The van der Waals surface area contributed by atoms with Gasteiger partial charge in [0, 0.05) is 19.1 Å². The van der Waals surface area contributed by atoms with E-state index in [2.05, 4.69) is 25.5 Å². The quantitative estimate of drug-likeness (QED) is 0.853. The summed E-state index contributed by atoms with van der Waals surface area (Å²) in [4.78, 5) is 11.1. The van der Waals surface area contributed by atoms with E-state index in [4.69, 9.17) is 4.74 Å². The van der Waals surface area contributed by atoms with Crippen LogP contribution < -0.4 is 20.3 Å². The van der Waals surface area contributed by atoms with Crippen molar-refractivity contribution < 1.29 is 4.74 Å². The molecule has 1 aromatic rings. The SMILES string of the molecule is CN[C@@H]1CCN(c2ncnc3c2OC[C@@H](C2CC2)N3)C1. The number of anilines is 2. The molecular formula is C14H21N5O. The third-order valence-corrected chi connectivity index (χ3v) is 4.60. The van der Waals surface area contributed by atoms with Crippen LogP contribution >= 0.6 is 0 Å². The summed E-state index contributed by atoms with van der Waals surface area (Å²) in [5.41, 5.74) is 0. The minimum Gasteiger partial charge on any atom is -0.484 e. The van der Waals surface area contributed by atoms with Crippen LogP contribution in [0, 0.1) is 5.92 Å². The van der Waals surface area contributed by atoms with E-state index >= 15 is 0 Å². The molecule has 1 aromatic heterocycles. The molecule has 2 fully saturated rings. The highest BCUT2D eigenvalue weighted by Crippen LogP contribution is 2.41. The van der Waals surface area contributed by atoms with Crippen molar-refractivity contribution in [2.45, 2.75) is 31.3 Å². The maximum atomic E-state index is 6.00. The minimum absolute atomic E-state index is 0.425. The molecule has 3 aliphatic rings. The van der Waals surface area contributed by atoms with E-state index in [1.807, 2.05) is 7.05 Å². The molecular weight excluding hydrogens is 254 g/mol. The average molecular weight is 275 g/mol. The van der Waals surface area contributed by atoms with Gasteiger partial charge in [0.1, 0.15) is 12.9 Å². The lowest BCUT2D eigenvalue weighted by molar-refractivity contribution is 0.270. The van der Waals surface area contributed by atoms with E-state index in [0.717, 1.165) is 49.4 Å². The molecule has 2 atom stereocenters. The molecule has 1 saturated heterocycles. The highest BCUT2D eigenvalue weighted by molar-refractivity contribution is 5.66. The molecule has 6 nitrogen and oxygen atoms in total. The summed E-state index contributed by atoms with van der Waals surface area (Å²) in [5.74, 6) is 3.41. The second-order valence-electron chi connectivity index (χ2n) is 5.99. The lowest BCUT2D eigenvalue weighted by atomic mass is 10.2. The zero-order valence-corrected chi connectivity index (χ0v) is 11.8. The topological polar surface area (TPSA) is 62.3 Å². The van der Waals surface area contributed by atoms with Crippen molar-refractivity contribution in [3.8, 4) is 5.75 Å². The molecule has 4 rings (SSSR count). The molecule has 0 bridgehead atoms. The molecule has 0 radical (unpaired) electrons. The van der Waals surface area contributed by atoms with Crippen LogP contribution in [0.2, 0.25) is 0 Å². The fourth-order valence-electron chi connectivity index (χ4n) is 3.16. The van der Waals surface area contributed by atoms with Crippen LogP contribution in [0.4, 0.5) is 11.6 Å². The molecule has 108 valence electrons. The zero-order chi connectivity index (χ0) is 13.5. The van der Waals surface area contributed by atoms with Crippen LogP contribution in [0.3, 0.4) is 0 Å². The van der Waals surface area contributed by atoms with Gasteiger partial charge in [-0.3, -0.25) is 0 Å². The second-order valence-corrected chi connectivity index (χ2v) is 5.99. The number of rotatable bonds is 3. The minimum atomic E-state index is 0.425. The number of nitrogens with zero attached hydrogens (tertiary/aromatic N) is 3. The Morgan fingerprint density at radius 1 is 1.35 bits per heavy atom. The summed E-state index contributed by atoms with van der Waals surface area (Å²) in [5, 5.41) is 6.86. The molecule has 1 saturated carbocycles. The van der Waals surface area contributed by atoms with Crippen molar-refractivity contribution in [2.24, 2.45) is 5.92 Å². The first-order valence-corrected chi connectivity index (χ1v) is 7.51. The van der Waals surface area contributed by atoms with Crippen LogP contribution in [-0.4, -0.2) is 48.8 Å². The number of nitrogens with one attached hydrogen (secondary N) is 2. The van der Waals surface area contributed by atoms with Crippen molar-refractivity contribution in [3.05, 3.63) is 6.33 Å². The van der Waals surface area contributed by atoms with Gasteiger partial charge < -0.3 is 20.3 Å². The zero-order valence-electron chi connectivity index (χ0n) is 11.8. The van der Waals surface area contributed by atoms with Gasteiger partial charge in [0.2, 0.25) is 5.75 Å². The predicted octanol–water partition coefficient (Wildman–Crippen LogP) is 0.858. The van der Waals surface area contributed by atoms with E-state index in [0.29, 0.717) is 12.1 Å². The largest absolute Gasteiger partial charge is 0.484 e. The van der Waals surface area contributed by atoms with Gasteiger partial charge in [0.05, 0.1) is 6.04 Å². The van der Waals surface area contributed by atoms with Crippen molar-refractivity contribution in [1.29, 1.82) is 0 Å². The van der Waals surface area contributed by atoms with E-state index in [1.54, 1.807) is 6.33 Å². The maximum Gasteiger partial charge on any atom is 0.204 e. The number of aromatic nitrogens is 2. The monoisotopic (exact) mass is 275 g/mol. The van der Waals surface area contributed by atoms with Crippen LogP contribution in [0.5, 0.6) is 5.75 Å². The van der Waals surface area contributed by atoms with Crippen LogP contribution in [0.15, 0.2) is 6.33 Å². The Balaban J connectivity index is 1.57. The molecule has 0 spiro atoms. The smallest absolute Gasteiger partial charge is 0.204 e. The molecule has 2 aliphatic heterocycles. The summed E-state index contributed by atoms with van der Waals surface area (Å²) in [6.45, 7) is 2.74. The lowest BCUT2D eigenvalue weighted by Crippen LogP contribution is -2.35. The molecule has 2 N–H and O–H groups in total. The first kappa shape index (κ1) is 12.2. The molecule has 0 amide bonds. The Kier molecular flexibility index (Phi) is 2.91. The van der Waals surface area contributed by atoms with Crippen LogP contribution in [-0.2, 0) is 0 Å². The van der Waals surface area contributed by atoms with Gasteiger partial charge in [-0.2, -0.15) is 0 Å². The number of fused-ring (bicyclic) bond motifs is 1. The second kappa shape index (κ2) is 4.77. The summed E-state index contributed by atoms with van der Waals surface area (Å²) < 4.78 is 6.00. The van der Waals surface area contributed by atoms with Gasteiger partial charge in [-0.1, -0.05) is 0 Å². The third kappa shape index (κ3) is 2.08. The molecule has 1 aliphatic carbocycles. The van der Waals surface area contributed by atoms with Gasteiger partial charge in [-0.15, -0.1) is 0 Å². The molecule has 3 heterocycles. The summed E-state index contributed by atoms with van der Waals surface area (Å²) in [7, 11) is 2.02. The highest BCUT2D eigenvalue weighted by atomic mass is 16.5. The Morgan fingerprint density at radius 2 is 2.25 bits per heavy atom. The van der Waals surface area contributed by atoms with Crippen LogP contribution in [0.25, 0.3) is 0 Å². The normalized spacial score (nSPS) is 28.8. The van der Waals surface area contributed by atoms with Gasteiger partial charge in [-0.25, -0.2) is 9.97 Å². The first-order valence-electron chi connectivity index (χ1n) is 7.51. The van der Waals surface area contributed by atoms with Crippen molar-refractivity contribution in [2.75, 3.05) is 37.0 Å². The number of likely N-dealkylation sites (N-methyl/N-ethyl adjacent to an activating group) is 1. The fourth-order valence-corrected chi connectivity index (χ4v) is 3.16. The lowest BCUT2D eigenvalue weighted by Gasteiger charge is -2.29. The predicted molar refractivity (Wildman–Crippen MR) is 77.3 cm³/mol. The average Bonchev–Trinajstić information content (AvgIpc) is 3.24. The fraction of sp³-hybridized carbons (Fsp3) is 0.714. The van der Waals surface area contributed by atoms with Crippen molar-refractivity contribution >= 4 is 11.6 Å². The van der Waals surface area contributed by atoms with E-state index < -0.39 is 0 Å². The van der Waals surface area contributed by atoms with Gasteiger partial charge in [0.25, 0.3) is 0 Å². The van der Waals surface area contributed by atoms with Crippen LogP contribution in [0.1, 0.15) is 19.3 Å². The van der Waals surface area contributed by atoms with E-state index in [9.17, 15) is 0 Å². The van der Waals surface area contributed by atoms with Gasteiger partial charge in [-0.05, 0) is 32.2 Å². The summed E-state index contributed by atoms with van der Waals surface area (Å²) >= 11 is 0. The summed E-state index contributed by atoms with van der Waals surface area (Å²) in [6, 6.07) is 0.963. The maximum absolute atomic E-state index is 6.00. The molecule has 6 heteroatoms. The van der Waals surface area contributed by atoms with Crippen molar-refractivity contribution in [1.82, 2.24) is 15.3 Å². The number of hydrogen-bond donors (Lipinski definition) is 2. The third-order valence-electron chi connectivity index (χ3n) is 4.60. The Morgan fingerprint density at radius 3 is 3.00 bits per heavy atom. The highest BCUT2D eigenvalue weighted by Gasteiger charge is 2.36. The van der Waals surface area contributed by atoms with E-state index in [1.165, 1.54) is 12.8 Å². The first-order chi connectivity index (χ1) is 9.85. The Labute approximate surface area is 118 Å². The van der Waals surface area contributed by atoms with Gasteiger partial charge >= 0.3 is 0 Å². The van der Waals surface area contributed by atoms with Crippen molar-refractivity contribution in [3.63, 3.8) is 0 Å².